The maximum Gasteiger partial charge on any atom is 0.191 e. The molecule has 1 saturated carbocycles. The molecular formula is C12H26IN3S2. The first-order valence-electron chi connectivity index (χ1n) is 6.22. The molecule has 0 aromatic rings. The van der Waals surface area contributed by atoms with E-state index in [2.05, 4.69) is 35.1 Å². The van der Waals surface area contributed by atoms with Gasteiger partial charge in [-0.15, -0.1) is 24.0 Å². The number of rotatable bonds is 5. The SMILES string of the molecule is CN=C(NCC(C)SC)NC1CCC(SC)C1.I. The molecule has 3 unspecified atom stereocenters. The smallest absolute Gasteiger partial charge is 0.191 e. The molecule has 1 aliphatic rings. The Bertz CT molecular complexity index is 251. The van der Waals surface area contributed by atoms with E-state index < -0.39 is 0 Å². The largest absolute Gasteiger partial charge is 0.355 e. The van der Waals surface area contributed by atoms with Crippen molar-refractivity contribution in [3.05, 3.63) is 0 Å². The van der Waals surface area contributed by atoms with Gasteiger partial charge in [0.2, 0.25) is 0 Å². The van der Waals surface area contributed by atoms with E-state index in [1.807, 2.05) is 30.6 Å². The number of aliphatic imine (C=N–C) groups is 1. The van der Waals surface area contributed by atoms with Gasteiger partial charge in [-0.3, -0.25) is 4.99 Å². The maximum absolute atomic E-state index is 4.29. The van der Waals surface area contributed by atoms with Gasteiger partial charge < -0.3 is 10.6 Å². The van der Waals surface area contributed by atoms with Gasteiger partial charge in [0.15, 0.2) is 5.96 Å². The van der Waals surface area contributed by atoms with Crippen molar-refractivity contribution in [2.75, 3.05) is 26.1 Å². The van der Waals surface area contributed by atoms with E-state index in [1.54, 1.807) is 0 Å². The number of hydrogen-bond donors (Lipinski definition) is 2. The van der Waals surface area contributed by atoms with Crippen LogP contribution in [0.5, 0.6) is 0 Å². The molecule has 108 valence electrons. The zero-order valence-electron chi connectivity index (χ0n) is 11.7. The van der Waals surface area contributed by atoms with Gasteiger partial charge in [-0.05, 0) is 31.8 Å². The number of hydrogen-bond acceptors (Lipinski definition) is 3. The van der Waals surface area contributed by atoms with E-state index in [-0.39, 0.29) is 24.0 Å². The number of guanidine groups is 1. The lowest BCUT2D eigenvalue weighted by molar-refractivity contribution is 0.614. The summed E-state index contributed by atoms with van der Waals surface area (Å²) in [6.45, 7) is 3.20. The molecule has 0 amide bonds. The van der Waals surface area contributed by atoms with E-state index in [0.29, 0.717) is 11.3 Å². The van der Waals surface area contributed by atoms with Crippen molar-refractivity contribution in [1.82, 2.24) is 10.6 Å². The topological polar surface area (TPSA) is 36.4 Å². The Morgan fingerprint density at radius 1 is 1.39 bits per heavy atom. The Morgan fingerprint density at radius 2 is 2.11 bits per heavy atom. The lowest BCUT2D eigenvalue weighted by Gasteiger charge is -2.18. The summed E-state index contributed by atoms with van der Waals surface area (Å²) in [5.41, 5.74) is 0. The van der Waals surface area contributed by atoms with Crippen LogP contribution in [0.4, 0.5) is 0 Å². The Morgan fingerprint density at radius 3 is 2.61 bits per heavy atom. The summed E-state index contributed by atoms with van der Waals surface area (Å²) in [5.74, 6) is 0.956. The lowest BCUT2D eigenvalue weighted by Crippen LogP contribution is -2.44. The molecule has 1 fully saturated rings. The van der Waals surface area contributed by atoms with Crippen molar-refractivity contribution in [3.8, 4) is 0 Å². The fourth-order valence-electron chi connectivity index (χ4n) is 2.00. The molecule has 0 aliphatic heterocycles. The number of nitrogens with one attached hydrogen (secondary N) is 2. The first-order valence-corrected chi connectivity index (χ1v) is 8.80. The van der Waals surface area contributed by atoms with Crippen molar-refractivity contribution in [1.29, 1.82) is 0 Å². The fourth-order valence-corrected chi connectivity index (χ4v) is 3.04. The third kappa shape index (κ3) is 6.75. The van der Waals surface area contributed by atoms with Gasteiger partial charge in [0.1, 0.15) is 0 Å². The van der Waals surface area contributed by atoms with E-state index in [4.69, 9.17) is 0 Å². The van der Waals surface area contributed by atoms with Crippen LogP contribution in [0.15, 0.2) is 4.99 Å². The first kappa shape index (κ1) is 18.7. The number of thioether (sulfide) groups is 2. The van der Waals surface area contributed by atoms with Crippen LogP contribution in [0, 0.1) is 0 Å². The highest BCUT2D eigenvalue weighted by Crippen LogP contribution is 2.27. The minimum absolute atomic E-state index is 0. The molecule has 6 heteroatoms. The monoisotopic (exact) mass is 403 g/mol. The molecule has 0 spiro atoms. The molecule has 0 radical (unpaired) electrons. The van der Waals surface area contributed by atoms with Crippen molar-refractivity contribution in [3.63, 3.8) is 0 Å². The third-order valence-electron chi connectivity index (χ3n) is 3.24. The van der Waals surface area contributed by atoms with Crippen molar-refractivity contribution < 1.29 is 0 Å². The molecule has 1 aliphatic carbocycles. The Kier molecular flexibility index (Phi) is 10.9. The zero-order chi connectivity index (χ0) is 12.7. The molecule has 0 saturated heterocycles. The molecule has 18 heavy (non-hydrogen) atoms. The van der Waals surface area contributed by atoms with E-state index in [9.17, 15) is 0 Å². The molecule has 0 bridgehead atoms. The van der Waals surface area contributed by atoms with E-state index in [1.165, 1.54) is 19.3 Å². The normalized spacial score (nSPS) is 25.4. The van der Waals surface area contributed by atoms with Crippen LogP contribution < -0.4 is 10.6 Å². The van der Waals surface area contributed by atoms with Gasteiger partial charge in [0.05, 0.1) is 0 Å². The maximum atomic E-state index is 4.29. The molecule has 1 rings (SSSR count). The highest BCUT2D eigenvalue weighted by molar-refractivity contribution is 14.0. The molecular weight excluding hydrogens is 377 g/mol. The van der Waals surface area contributed by atoms with Gasteiger partial charge in [0.25, 0.3) is 0 Å². The van der Waals surface area contributed by atoms with Gasteiger partial charge >= 0.3 is 0 Å². The summed E-state index contributed by atoms with van der Waals surface area (Å²) in [6.07, 6.45) is 8.21. The minimum atomic E-state index is 0. The van der Waals surface area contributed by atoms with Crippen LogP contribution in [0.25, 0.3) is 0 Å². The van der Waals surface area contributed by atoms with Gasteiger partial charge in [-0.2, -0.15) is 23.5 Å². The van der Waals surface area contributed by atoms with Crippen molar-refractivity contribution in [2.24, 2.45) is 4.99 Å². The van der Waals surface area contributed by atoms with Crippen LogP contribution in [0.3, 0.4) is 0 Å². The van der Waals surface area contributed by atoms with Gasteiger partial charge in [-0.1, -0.05) is 6.92 Å². The fraction of sp³-hybridized carbons (Fsp3) is 0.917. The summed E-state index contributed by atoms with van der Waals surface area (Å²) in [6, 6.07) is 0.600. The zero-order valence-corrected chi connectivity index (χ0v) is 15.7. The number of nitrogens with zero attached hydrogens (tertiary/aromatic N) is 1. The summed E-state index contributed by atoms with van der Waals surface area (Å²) in [4.78, 5) is 4.29. The number of halogens is 1. The highest BCUT2D eigenvalue weighted by atomic mass is 127. The molecule has 3 nitrogen and oxygen atoms in total. The Labute approximate surface area is 137 Å². The van der Waals surface area contributed by atoms with Crippen LogP contribution in [-0.4, -0.2) is 48.6 Å². The molecule has 0 heterocycles. The standard InChI is InChI=1S/C12H25N3S2.HI/c1-9(16-3)8-14-12(13-2)15-10-5-6-11(7-10)17-4;/h9-11H,5-8H2,1-4H3,(H2,13,14,15);1H. The predicted octanol–water partition coefficient (Wildman–Crippen LogP) is 2.81. The molecule has 0 aromatic carbocycles. The molecule has 3 atom stereocenters. The average Bonchev–Trinajstić information content (AvgIpc) is 2.81. The van der Waals surface area contributed by atoms with E-state index >= 15 is 0 Å². The van der Waals surface area contributed by atoms with Crippen LogP contribution in [0.1, 0.15) is 26.2 Å². The van der Waals surface area contributed by atoms with Crippen LogP contribution >= 0.6 is 47.5 Å². The molecule has 0 aromatic heterocycles. The molecule has 2 N–H and O–H groups in total. The lowest BCUT2D eigenvalue weighted by atomic mass is 10.2. The second-order valence-corrected chi connectivity index (χ2v) is 6.93. The Balaban J connectivity index is 0.00000289. The van der Waals surface area contributed by atoms with Crippen molar-refractivity contribution in [2.45, 2.75) is 42.7 Å². The minimum Gasteiger partial charge on any atom is -0.355 e. The predicted molar refractivity (Wildman–Crippen MR) is 97.8 cm³/mol. The highest BCUT2D eigenvalue weighted by Gasteiger charge is 2.24. The van der Waals surface area contributed by atoms with Crippen molar-refractivity contribution >= 4 is 53.5 Å². The summed E-state index contributed by atoms with van der Waals surface area (Å²) in [7, 11) is 1.85. The van der Waals surface area contributed by atoms with E-state index in [0.717, 1.165) is 17.8 Å². The van der Waals surface area contributed by atoms with Crippen LogP contribution in [-0.2, 0) is 0 Å². The summed E-state index contributed by atoms with van der Waals surface area (Å²) >= 11 is 3.86. The second kappa shape index (κ2) is 10.5. The van der Waals surface area contributed by atoms with Crippen LogP contribution in [0.2, 0.25) is 0 Å². The second-order valence-electron chi connectivity index (χ2n) is 4.51. The van der Waals surface area contributed by atoms with Gasteiger partial charge in [0, 0.05) is 30.1 Å². The first-order chi connectivity index (χ1) is 8.19. The third-order valence-corrected chi connectivity index (χ3v) is 5.31. The quantitative estimate of drug-likeness (QED) is 0.421. The Hall–Kier alpha value is 0.700. The summed E-state index contributed by atoms with van der Waals surface area (Å²) < 4.78 is 0. The summed E-state index contributed by atoms with van der Waals surface area (Å²) in [5, 5.41) is 8.37. The van der Waals surface area contributed by atoms with Gasteiger partial charge in [-0.25, -0.2) is 0 Å². The average molecular weight is 403 g/mol.